The zero-order valence-electron chi connectivity index (χ0n) is 9.96. The third-order valence-corrected chi connectivity index (χ3v) is 2.40. The van der Waals surface area contributed by atoms with Crippen molar-refractivity contribution in [3.8, 4) is 6.07 Å². The monoisotopic (exact) mass is 246 g/mol. The van der Waals surface area contributed by atoms with E-state index in [0.717, 1.165) is 0 Å². The van der Waals surface area contributed by atoms with E-state index in [1.165, 1.54) is 24.5 Å². The van der Waals surface area contributed by atoms with Crippen LogP contribution >= 0.6 is 0 Å². The average Bonchev–Trinajstić information content (AvgIpc) is 2.38. The minimum absolute atomic E-state index is 0.197. The summed E-state index contributed by atoms with van der Waals surface area (Å²) in [6.07, 6.45) is 3.15. The molecule has 2 amide bonds. The lowest BCUT2D eigenvalue weighted by Gasteiger charge is -2.16. The first-order chi connectivity index (χ1) is 8.54. The Morgan fingerprint density at radius 2 is 2.11 bits per heavy atom. The van der Waals surface area contributed by atoms with Gasteiger partial charge in [0.25, 0.3) is 5.91 Å². The van der Waals surface area contributed by atoms with Crippen LogP contribution in [0.3, 0.4) is 0 Å². The Balaban J connectivity index is 2.71. The van der Waals surface area contributed by atoms with Crippen LogP contribution in [-0.2, 0) is 4.79 Å². The number of primary amides is 1. The molecule has 0 radical (unpaired) electrons. The summed E-state index contributed by atoms with van der Waals surface area (Å²) >= 11 is 0. The molecule has 1 rings (SSSR count). The molecule has 0 aromatic carbocycles. The Kier molecular flexibility index (Phi) is 4.81. The third kappa shape index (κ3) is 3.87. The average molecular weight is 246 g/mol. The van der Waals surface area contributed by atoms with Crippen LogP contribution in [0, 0.1) is 17.2 Å². The summed E-state index contributed by atoms with van der Waals surface area (Å²) < 4.78 is 0. The van der Waals surface area contributed by atoms with Crippen molar-refractivity contribution in [2.45, 2.75) is 19.4 Å². The fourth-order valence-electron chi connectivity index (χ4n) is 1.40. The molecule has 1 aromatic rings. The lowest BCUT2D eigenvalue weighted by Crippen LogP contribution is -2.45. The van der Waals surface area contributed by atoms with E-state index in [2.05, 4.69) is 10.3 Å². The van der Waals surface area contributed by atoms with Gasteiger partial charge in [-0.2, -0.15) is 5.26 Å². The van der Waals surface area contributed by atoms with Crippen molar-refractivity contribution < 1.29 is 9.59 Å². The highest BCUT2D eigenvalue weighted by Crippen LogP contribution is 2.06. The molecule has 0 spiro atoms. The summed E-state index contributed by atoms with van der Waals surface area (Å²) in [6, 6.07) is 4.21. The molecule has 3 N–H and O–H groups in total. The van der Waals surface area contributed by atoms with Crippen molar-refractivity contribution in [1.82, 2.24) is 10.3 Å². The number of nitrogens with two attached hydrogens (primary N) is 1. The highest BCUT2D eigenvalue weighted by atomic mass is 16.2. The second-order valence-corrected chi connectivity index (χ2v) is 3.93. The molecule has 0 bridgehead atoms. The molecule has 94 valence electrons. The Morgan fingerprint density at radius 1 is 1.50 bits per heavy atom. The summed E-state index contributed by atoms with van der Waals surface area (Å²) in [5.74, 6) is -1.42. The van der Waals surface area contributed by atoms with E-state index in [0.29, 0.717) is 5.56 Å². The Morgan fingerprint density at radius 3 is 2.61 bits per heavy atom. The summed E-state index contributed by atoms with van der Waals surface area (Å²) in [7, 11) is 0. The van der Waals surface area contributed by atoms with Crippen molar-refractivity contribution in [1.29, 1.82) is 5.26 Å². The molecule has 0 saturated carbocycles. The highest BCUT2D eigenvalue weighted by molar-refractivity contribution is 5.97. The van der Waals surface area contributed by atoms with Gasteiger partial charge >= 0.3 is 0 Å². The lowest BCUT2D eigenvalue weighted by molar-refractivity contribution is -0.120. The van der Waals surface area contributed by atoms with Crippen molar-refractivity contribution in [3.63, 3.8) is 0 Å². The number of pyridine rings is 1. The van der Waals surface area contributed by atoms with Crippen molar-refractivity contribution in [3.05, 3.63) is 30.1 Å². The maximum Gasteiger partial charge on any atom is 0.252 e. The zero-order chi connectivity index (χ0) is 13.5. The number of nitrogens with zero attached hydrogens (tertiary/aromatic N) is 2. The number of amides is 2. The Bertz CT molecular complexity index is 467. The van der Waals surface area contributed by atoms with Crippen LogP contribution in [0.25, 0.3) is 0 Å². The first-order valence-electron chi connectivity index (χ1n) is 5.44. The molecule has 6 nitrogen and oxygen atoms in total. The van der Waals surface area contributed by atoms with Crippen LogP contribution in [0.2, 0.25) is 0 Å². The fourth-order valence-corrected chi connectivity index (χ4v) is 1.40. The number of rotatable bonds is 5. The van der Waals surface area contributed by atoms with Crippen LogP contribution in [-0.4, -0.2) is 22.8 Å². The number of hydrogen-bond donors (Lipinski definition) is 2. The summed E-state index contributed by atoms with van der Waals surface area (Å²) in [5, 5.41) is 11.2. The Hall–Kier alpha value is -2.42. The quantitative estimate of drug-likeness (QED) is 0.774. The second kappa shape index (κ2) is 6.35. The van der Waals surface area contributed by atoms with E-state index in [1.54, 1.807) is 6.92 Å². The lowest BCUT2D eigenvalue weighted by atomic mass is 10.0. The van der Waals surface area contributed by atoms with Gasteiger partial charge in [-0.25, -0.2) is 0 Å². The van der Waals surface area contributed by atoms with Gasteiger partial charge in [0.05, 0.1) is 6.07 Å². The first-order valence-corrected chi connectivity index (χ1v) is 5.44. The van der Waals surface area contributed by atoms with Crippen molar-refractivity contribution in [2.24, 2.45) is 11.7 Å². The van der Waals surface area contributed by atoms with E-state index in [1.807, 2.05) is 6.07 Å². The van der Waals surface area contributed by atoms with Gasteiger partial charge in [0.1, 0.15) is 6.04 Å². The van der Waals surface area contributed by atoms with Gasteiger partial charge in [0, 0.05) is 23.9 Å². The molecule has 0 aliphatic heterocycles. The van der Waals surface area contributed by atoms with Crippen LogP contribution in [0.5, 0.6) is 0 Å². The van der Waals surface area contributed by atoms with E-state index in [-0.39, 0.29) is 12.3 Å². The molecule has 0 saturated heterocycles. The number of nitrogens with one attached hydrogen (secondary N) is 1. The number of nitriles is 1. The highest BCUT2D eigenvalue weighted by Gasteiger charge is 2.21. The van der Waals surface area contributed by atoms with Gasteiger partial charge < -0.3 is 11.1 Å². The molecule has 0 aliphatic rings. The predicted molar refractivity (Wildman–Crippen MR) is 64.1 cm³/mol. The van der Waals surface area contributed by atoms with Gasteiger partial charge in [-0.1, -0.05) is 0 Å². The van der Waals surface area contributed by atoms with Gasteiger partial charge in [0.15, 0.2) is 0 Å². The molecule has 18 heavy (non-hydrogen) atoms. The second-order valence-electron chi connectivity index (χ2n) is 3.93. The van der Waals surface area contributed by atoms with Gasteiger partial charge in [-0.15, -0.1) is 0 Å². The maximum absolute atomic E-state index is 11.8. The molecular formula is C12H14N4O2. The Labute approximate surface area is 105 Å². The van der Waals surface area contributed by atoms with Gasteiger partial charge in [0.2, 0.25) is 5.91 Å². The molecule has 2 atom stereocenters. The van der Waals surface area contributed by atoms with Gasteiger partial charge in [-0.3, -0.25) is 14.6 Å². The molecule has 0 aliphatic carbocycles. The smallest absolute Gasteiger partial charge is 0.252 e. The molecule has 1 heterocycles. The van der Waals surface area contributed by atoms with Crippen LogP contribution in [0.4, 0.5) is 0 Å². The van der Waals surface area contributed by atoms with Crippen LogP contribution < -0.4 is 11.1 Å². The third-order valence-electron chi connectivity index (χ3n) is 2.40. The van der Waals surface area contributed by atoms with Crippen LogP contribution in [0.15, 0.2) is 24.5 Å². The van der Waals surface area contributed by atoms with Crippen molar-refractivity contribution in [2.75, 3.05) is 0 Å². The first kappa shape index (κ1) is 13.6. The summed E-state index contributed by atoms with van der Waals surface area (Å²) in [5.41, 5.74) is 5.58. The molecule has 6 heteroatoms. The number of carbonyl (C=O) groups is 2. The van der Waals surface area contributed by atoms with E-state index < -0.39 is 17.9 Å². The normalized spacial score (nSPS) is 13.1. The largest absolute Gasteiger partial charge is 0.368 e. The van der Waals surface area contributed by atoms with Gasteiger partial charge in [-0.05, 0) is 25.5 Å². The predicted octanol–water partition coefficient (Wildman–Crippen LogP) is 0.215. The van der Waals surface area contributed by atoms with E-state index >= 15 is 0 Å². The minimum atomic E-state index is -0.847. The number of hydrogen-bond acceptors (Lipinski definition) is 4. The summed E-state index contributed by atoms with van der Waals surface area (Å²) in [4.78, 5) is 26.8. The van der Waals surface area contributed by atoms with Crippen LogP contribution in [0.1, 0.15) is 23.7 Å². The molecule has 0 fully saturated rings. The fraction of sp³-hybridized carbons (Fsp3) is 0.333. The standard InChI is InChI=1S/C12H14N4O2/c1-8(7-13)6-10(11(14)17)16-12(18)9-2-4-15-5-3-9/h2-5,8,10H,6H2,1H3,(H2,14,17)(H,16,18)/t8-,10-/m1/s1. The SMILES string of the molecule is C[C@@H](C#N)C[C@@H](NC(=O)c1ccncc1)C(N)=O. The van der Waals surface area contributed by atoms with E-state index in [9.17, 15) is 9.59 Å². The topological polar surface area (TPSA) is 109 Å². The number of carbonyl (C=O) groups excluding carboxylic acids is 2. The molecule has 1 aromatic heterocycles. The van der Waals surface area contributed by atoms with Crippen molar-refractivity contribution >= 4 is 11.8 Å². The molecular weight excluding hydrogens is 232 g/mol. The summed E-state index contributed by atoms with van der Waals surface area (Å²) in [6.45, 7) is 1.66. The maximum atomic E-state index is 11.8. The number of aromatic nitrogens is 1. The minimum Gasteiger partial charge on any atom is -0.368 e. The zero-order valence-corrected chi connectivity index (χ0v) is 9.96. The molecule has 0 unspecified atom stereocenters. The van der Waals surface area contributed by atoms with E-state index in [4.69, 9.17) is 11.0 Å².